The maximum atomic E-state index is 12.2. The second-order valence-electron chi connectivity index (χ2n) is 5.89. The molecule has 0 atom stereocenters. The van der Waals surface area contributed by atoms with E-state index in [1.807, 2.05) is 59.2 Å². The van der Waals surface area contributed by atoms with E-state index in [2.05, 4.69) is 20.3 Å². The van der Waals surface area contributed by atoms with Crippen LogP contribution in [0.2, 0.25) is 0 Å². The maximum Gasteiger partial charge on any atom is 0.226 e. The van der Waals surface area contributed by atoms with Crippen molar-refractivity contribution in [3.8, 4) is 11.4 Å². The van der Waals surface area contributed by atoms with Gasteiger partial charge in [-0.3, -0.25) is 4.79 Å². The van der Waals surface area contributed by atoms with E-state index in [1.54, 1.807) is 18.7 Å². The van der Waals surface area contributed by atoms with Gasteiger partial charge in [0.15, 0.2) is 5.82 Å². The van der Waals surface area contributed by atoms with Crippen LogP contribution in [0.25, 0.3) is 22.4 Å². The van der Waals surface area contributed by atoms with Gasteiger partial charge in [0.25, 0.3) is 0 Å². The van der Waals surface area contributed by atoms with Gasteiger partial charge in [-0.05, 0) is 12.1 Å². The lowest BCUT2D eigenvalue weighted by molar-refractivity contribution is -0.116. The first kappa shape index (κ1) is 16.0. The largest absolute Gasteiger partial charge is 0.330 e. The molecule has 4 rings (SSSR count). The van der Waals surface area contributed by atoms with E-state index >= 15 is 0 Å². The predicted octanol–water partition coefficient (Wildman–Crippen LogP) is 3.52. The van der Waals surface area contributed by atoms with Crippen LogP contribution in [0, 0.1) is 0 Å². The Hall–Kier alpha value is -3.54. The number of para-hydroxylation sites is 2. The van der Waals surface area contributed by atoms with Gasteiger partial charge in [0.1, 0.15) is 0 Å². The van der Waals surface area contributed by atoms with Crippen LogP contribution in [0.1, 0.15) is 6.42 Å². The van der Waals surface area contributed by atoms with Gasteiger partial charge in [-0.15, -0.1) is 0 Å². The van der Waals surface area contributed by atoms with Crippen LogP contribution in [0.15, 0.2) is 73.3 Å². The predicted molar refractivity (Wildman–Crippen MR) is 100 cm³/mol. The van der Waals surface area contributed by atoms with Gasteiger partial charge < -0.3 is 9.88 Å². The number of carbonyl (C=O) groups excluding carboxylic acids is 1. The van der Waals surface area contributed by atoms with Gasteiger partial charge in [-0.1, -0.05) is 42.5 Å². The fraction of sp³-hybridized carbons (Fsp3) is 0.100. The lowest BCUT2D eigenvalue weighted by atomic mass is 10.2. The van der Waals surface area contributed by atoms with Gasteiger partial charge in [0.2, 0.25) is 5.91 Å². The Morgan fingerprint density at radius 1 is 0.923 bits per heavy atom. The number of benzene rings is 2. The Morgan fingerprint density at radius 2 is 1.65 bits per heavy atom. The molecule has 2 aromatic heterocycles. The third-order valence-electron chi connectivity index (χ3n) is 4.07. The zero-order valence-corrected chi connectivity index (χ0v) is 14.0. The maximum absolute atomic E-state index is 12.2. The second kappa shape index (κ2) is 7.14. The molecular weight excluding hydrogens is 326 g/mol. The van der Waals surface area contributed by atoms with Crippen LogP contribution in [0.4, 0.5) is 5.69 Å². The zero-order valence-electron chi connectivity index (χ0n) is 14.0. The van der Waals surface area contributed by atoms with Crippen molar-refractivity contribution in [1.82, 2.24) is 19.5 Å². The first-order valence-corrected chi connectivity index (χ1v) is 8.37. The van der Waals surface area contributed by atoms with E-state index in [1.165, 1.54) is 0 Å². The van der Waals surface area contributed by atoms with Crippen molar-refractivity contribution in [2.75, 3.05) is 5.32 Å². The molecule has 0 saturated carbocycles. The summed E-state index contributed by atoms with van der Waals surface area (Å²) in [5, 5.41) is 2.83. The van der Waals surface area contributed by atoms with Crippen LogP contribution in [-0.2, 0) is 11.3 Å². The molecule has 2 heterocycles. The van der Waals surface area contributed by atoms with Gasteiger partial charge in [-0.2, -0.15) is 0 Å². The minimum Gasteiger partial charge on any atom is -0.330 e. The first-order chi connectivity index (χ1) is 12.8. The SMILES string of the molecule is O=C(CCn1cnc2ccccc21)Nc1cnc(-c2ccccc2)nc1. The third-order valence-corrected chi connectivity index (χ3v) is 4.07. The summed E-state index contributed by atoms with van der Waals surface area (Å²) in [5.74, 6) is 0.548. The van der Waals surface area contributed by atoms with Crippen LogP contribution < -0.4 is 5.32 Å². The number of nitrogens with zero attached hydrogens (tertiary/aromatic N) is 4. The fourth-order valence-corrected chi connectivity index (χ4v) is 2.76. The summed E-state index contributed by atoms with van der Waals surface area (Å²) in [6.45, 7) is 0.565. The molecule has 0 radical (unpaired) electrons. The molecule has 1 amide bonds. The molecule has 128 valence electrons. The highest BCUT2D eigenvalue weighted by Gasteiger charge is 2.07. The number of rotatable bonds is 5. The summed E-state index contributed by atoms with van der Waals surface area (Å²) >= 11 is 0. The Labute approximate surface area is 150 Å². The molecule has 0 aliphatic heterocycles. The van der Waals surface area contributed by atoms with Crippen molar-refractivity contribution in [3.63, 3.8) is 0 Å². The van der Waals surface area contributed by atoms with E-state index in [4.69, 9.17) is 0 Å². The van der Waals surface area contributed by atoms with Crippen molar-refractivity contribution in [2.45, 2.75) is 13.0 Å². The van der Waals surface area contributed by atoms with Crippen molar-refractivity contribution in [1.29, 1.82) is 0 Å². The smallest absolute Gasteiger partial charge is 0.226 e. The van der Waals surface area contributed by atoms with E-state index in [0.717, 1.165) is 16.6 Å². The molecule has 0 fully saturated rings. The Balaban J connectivity index is 1.37. The van der Waals surface area contributed by atoms with Crippen LogP contribution in [0.5, 0.6) is 0 Å². The number of carbonyl (C=O) groups is 1. The molecule has 0 saturated heterocycles. The molecule has 6 nitrogen and oxygen atoms in total. The molecule has 4 aromatic rings. The highest BCUT2D eigenvalue weighted by Crippen LogP contribution is 2.15. The van der Waals surface area contributed by atoms with Crippen LogP contribution in [0.3, 0.4) is 0 Å². The van der Waals surface area contributed by atoms with E-state index in [0.29, 0.717) is 24.5 Å². The van der Waals surface area contributed by atoms with E-state index < -0.39 is 0 Å². The number of anilines is 1. The summed E-state index contributed by atoms with van der Waals surface area (Å²) in [6, 6.07) is 17.6. The van der Waals surface area contributed by atoms with Crippen LogP contribution in [-0.4, -0.2) is 25.4 Å². The number of aromatic nitrogens is 4. The molecule has 26 heavy (non-hydrogen) atoms. The number of fused-ring (bicyclic) bond motifs is 1. The van der Waals surface area contributed by atoms with Crippen molar-refractivity contribution in [3.05, 3.63) is 73.3 Å². The topological polar surface area (TPSA) is 72.7 Å². The summed E-state index contributed by atoms with van der Waals surface area (Å²) in [7, 11) is 0. The summed E-state index contributed by atoms with van der Waals surface area (Å²) in [6.07, 6.45) is 5.36. The monoisotopic (exact) mass is 343 g/mol. The zero-order chi connectivity index (χ0) is 17.8. The molecule has 0 aliphatic carbocycles. The molecule has 6 heteroatoms. The van der Waals surface area contributed by atoms with Crippen LogP contribution >= 0.6 is 0 Å². The average Bonchev–Trinajstić information content (AvgIpc) is 3.11. The second-order valence-corrected chi connectivity index (χ2v) is 5.89. The lowest BCUT2D eigenvalue weighted by Gasteiger charge is -2.07. The quantitative estimate of drug-likeness (QED) is 0.602. The Kier molecular flexibility index (Phi) is 4.38. The van der Waals surface area contributed by atoms with Gasteiger partial charge in [-0.25, -0.2) is 15.0 Å². The van der Waals surface area contributed by atoms with Crippen molar-refractivity contribution in [2.24, 2.45) is 0 Å². The molecule has 0 unspecified atom stereocenters. The molecule has 1 N–H and O–H groups in total. The first-order valence-electron chi connectivity index (χ1n) is 8.37. The fourth-order valence-electron chi connectivity index (χ4n) is 2.76. The Bertz CT molecular complexity index is 1020. The number of nitrogens with one attached hydrogen (secondary N) is 1. The summed E-state index contributed by atoms with van der Waals surface area (Å²) in [5.41, 5.74) is 3.48. The summed E-state index contributed by atoms with van der Waals surface area (Å²) < 4.78 is 1.98. The standard InChI is InChI=1S/C20H17N5O/c26-19(10-11-25-14-23-17-8-4-5-9-18(17)25)24-16-12-21-20(22-13-16)15-6-2-1-3-7-15/h1-9,12-14H,10-11H2,(H,24,26). The van der Waals surface area contributed by atoms with E-state index in [-0.39, 0.29) is 5.91 Å². The average molecular weight is 343 g/mol. The Morgan fingerprint density at radius 3 is 2.46 bits per heavy atom. The molecule has 2 aromatic carbocycles. The van der Waals surface area contributed by atoms with E-state index in [9.17, 15) is 4.79 Å². The number of amides is 1. The molecule has 0 bridgehead atoms. The number of hydrogen-bond donors (Lipinski definition) is 1. The normalized spacial score (nSPS) is 10.8. The number of aryl methyl sites for hydroxylation is 1. The van der Waals surface area contributed by atoms with Gasteiger partial charge in [0.05, 0.1) is 35.4 Å². The lowest BCUT2D eigenvalue weighted by Crippen LogP contribution is -2.14. The molecule has 0 aliphatic rings. The van der Waals surface area contributed by atoms with Crippen molar-refractivity contribution < 1.29 is 4.79 Å². The number of imidazole rings is 1. The minimum atomic E-state index is -0.0844. The molecule has 0 spiro atoms. The highest BCUT2D eigenvalue weighted by atomic mass is 16.1. The molecular formula is C20H17N5O. The summed E-state index contributed by atoms with van der Waals surface area (Å²) in [4.78, 5) is 25.2. The van der Waals surface area contributed by atoms with Crippen molar-refractivity contribution >= 4 is 22.6 Å². The number of hydrogen-bond acceptors (Lipinski definition) is 4. The van der Waals surface area contributed by atoms with Gasteiger partial charge in [0, 0.05) is 18.5 Å². The third kappa shape index (κ3) is 3.44. The minimum absolute atomic E-state index is 0.0844. The highest BCUT2D eigenvalue weighted by molar-refractivity contribution is 5.90. The van der Waals surface area contributed by atoms with Gasteiger partial charge >= 0.3 is 0 Å².